The molecule has 4 amide bonds. The number of barbiturate groups is 1. The van der Waals surface area contributed by atoms with Gasteiger partial charge >= 0.3 is 6.03 Å². The fourth-order valence-corrected chi connectivity index (χ4v) is 8.00. The maximum absolute atomic E-state index is 14.4. The van der Waals surface area contributed by atoms with Crippen LogP contribution in [-0.2, 0) is 16.2 Å². The van der Waals surface area contributed by atoms with Crippen LogP contribution in [0.3, 0.4) is 0 Å². The number of urea groups is 1. The lowest BCUT2D eigenvalue weighted by molar-refractivity contribution is -0.122. The second-order valence-corrected chi connectivity index (χ2v) is 13.8. The zero-order valence-electron chi connectivity index (χ0n) is 27.5. The number of para-hydroxylation sites is 1. The van der Waals surface area contributed by atoms with Crippen LogP contribution in [0.25, 0.3) is 6.08 Å². The van der Waals surface area contributed by atoms with Gasteiger partial charge in [0.2, 0.25) is 0 Å². The van der Waals surface area contributed by atoms with Gasteiger partial charge in [-0.15, -0.1) is 0 Å². The maximum atomic E-state index is 14.4. The largest absolute Gasteiger partial charge is 0.488 e. The monoisotopic (exact) mass is 713 g/mol. The van der Waals surface area contributed by atoms with E-state index in [0.717, 1.165) is 47.5 Å². The Morgan fingerprint density at radius 2 is 1.35 bits per heavy atom. The molecule has 0 aromatic heterocycles. The van der Waals surface area contributed by atoms with E-state index in [0.29, 0.717) is 27.0 Å². The van der Waals surface area contributed by atoms with E-state index in [1.54, 1.807) is 42.5 Å². The number of ether oxygens (including phenoxy) is 1. The molecule has 7 nitrogen and oxygen atoms in total. The number of carbonyl (C=O) groups excluding carboxylic acids is 3. The van der Waals surface area contributed by atoms with E-state index in [-0.39, 0.29) is 24.0 Å². The molecule has 3 aliphatic heterocycles. The zero-order chi connectivity index (χ0) is 35.1. The Hall–Kier alpha value is -5.37. The van der Waals surface area contributed by atoms with Crippen LogP contribution in [0.2, 0.25) is 10.0 Å². The van der Waals surface area contributed by atoms with E-state index >= 15 is 0 Å². The third-order valence-corrected chi connectivity index (χ3v) is 10.6. The summed E-state index contributed by atoms with van der Waals surface area (Å²) in [5.74, 6) is -0.893. The third kappa shape index (κ3) is 6.28. The Balaban J connectivity index is 1.20. The van der Waals surface area contributed by atoms with Crippen LogP contribution >= 0.6 is 23.2 Å². The molecule has 1 saturated heterocycles. The normalized spacial score (nSPS) is 19.2. The summed E-state index contributed by atoms with van der Waals surface area (Å²) in [7, 11) is 0. The summed E-state index contributed by atoms with van der Waals surface area (Å²) >= 11 is 12.4. The molecule has 0 aliphatic carbocycles. The first-order chi connectivity index (χ1) is 24.9. The highest BCUT2D eigenvalue weighted by atomic mass is 35.5. The van der Waals surface area contributed by atoms with Crippen LogP contribution in [0, 0.1) is 0 Å². The molecule has 0 spiro atoms. The standard InChI is InChI=1S/C42H33Cl2N3O4/c43-30-16-15-29(37(44)22-30)25-51-38-14-8-7-13-28(38)21-36-40(48)45-42(50)47(41(36)49)31-23-34-32(26-9-3-1-4-10-26)17-19-46-20-18-33(35(24-31)39(34)46)27-11-5-2-6-12-27/h1-16,21-24,32-33H,17-20,25H2,(H,45,48,50)/b36-21+/t32-,33-/m1/s1. The molecule has 254 valence electrons. The Kier molecular flexibility index (Phi) is 8.84. The molecule has 0 saturated carbocycles. The summed E-state index contributed by atoms with van der Waals surface area (Å²) in [6, 6.07) is 36.1. The molecule has 8 rings (SSSR count). The van der Waals surface area contributed by atoms with E-state index in [9.17, 15) is 14.4 Å². The number of benzene rings is 5. The molecule has 0 radical (unpaired) electrons. The van der Waals surface area contributed by atoms with Crippen LogP contribution < -0.4 is 19.9 Å². The van der Waals surface area contributed by atoms with Crippen LogP contribution in [0.15, 0.2) is 121 Å². The summed E-state index contributed by atoms with van der Waals surface area (Å²) in [5.41, 5.74) is 7.15. The average molecular weight is 715 g/mol. The topological polar surface area (TPSA) is 79.0 Å². The molecule has 9 heteroatoms. The van der Waals surface area contributed by atoms with Crippen molar-refractivity contribution in [2.75, 3.05) is 22.9 Å². The Labute approximate surface area is 306 Å². The van der Waals surface area contributed by atoms with Crippen molar-refractivity contribution in [3.63, 3.8) is 0 Å². The highest BCUT2D eigenvalue weighted by Crippen LogP contribution is 2.50. The van der Waals surface area contributed by atoms with E-state index in [4.69, 9.17) is 27.9 Å². The predicted octanol–water partition coefficient (Wildman–Crippen LogP) is 9.12. The molecule has 0 bridgehead atoms. The quantitative estimate of drug-likeness (QED) is 0.134. The first-order valence-electron chi connectivity index (χ1n) is 17.0. The Morgan fingerprint density at radius 3 is 1.98 bits per heavy atom. The summed E-state index contributed by atoms with van der Waals surface area (Å²) in [5, 5.41) is 3.40. The van der Waals surface area contributed by atoms with Crippen LogP contribution in [0.1, 0.15) is 58.1 Å². The van der Waals surface area contributed by atoms with Crippen molar-refractivity contribution in [2.45, 2.75) is 31.3 Å². The summed E-state index contributed by atoms with van der Waals surface area (Å²) in [6.45, 7) is 1.97. The van der Waals surface area contributed by atoms with Gasteiger partial charge in [0.05, 0.1) is 5.69 Å². The highest BCUT2D eigenvalue weighted by molar-refractivity contribution is 6.39. The van der Waals surface area contributed by atoms with Gasteiger partial charge in [0, 0.05) is 51.8 Å². The number of rotatable bonds is 7. The van der Waals surface area contributed by atoms with Gasteiger partial charge in [-0.2, -0.15) is 0 Å². The highest BCUT2D eigenvalue weighted by Gasteiger charge is 2.40. The number of hydrogen-bond donors (Lipinski definition) is 1. The number of anilines is 2. The molecular weight excluding hydrogens is 681 g/mol. The van der Waals surface area contributed by atoms with Crippen molar-refractivity contribution in [1.29, 1.82) is 0 Å². The molecule has 2 atom stereocenters. The van der Waals surface area contributed by atoms with Crippen LogP contribution in [-0.4, -0.2) is 30.9 Å². The van der Waals surface area contributed by atoms with Gasteiger partial charge in [0.1, 0.15) is 17.9 Å². The van der Waals surface area contributed by atoms with Gasteiger partial charge in [-0.3, -0.25) is 14.9 Å². The summed E-state index contributed by atoms with van der Waals surface area (Å²) in [6.07, 6.45) is 3.27. The van der Waals surface area contributed by atoms with Gasteiger partial charge in [0.25, 0.3) is 11.8 Å². The van der Waals surface area contributed by atoms with Crippen molar-refractivity contribution in [2.24, 2.45) is 0 Å². The predicted molar refractivity (Wildman–Crippen MR) is 201 cm³/mol. The number of amides is 4. The summed E-state index contributed by atoms with van der Waals surface area (Å²) in [4.78, 5) is 44.9. The second kappa shape index (κ2) is 13.7. The maximum Gasteiger partial charge on any atom is 0.335 e. The van der Waals surface area contributed by atoms with Crippen molar-refractivity contribution in [3.8, 4) is 5.75 Å². The fraction of sp³-hybridized carbons (Fsp3) is 0.167. The smallest absolute Gasteiger partial charge is 0.335 e. The first kappa shape index (κ1) is 32.8. The van der Waals surface area contributed by atoms with Crippen molar-refractivity contribution in [1.82, 2.24) is 5.32 Å². The number of carbonyl (C=O) groups is 3. The minimum absolute atomic E-state index is 0.0726. The van der Waals surface area contributed by atoms with Crippen molar-refractivity contribution >= 4 is 58.5 Å². The van der Waals surface area contributed by atoms with Gasteiger partial charge in [-0.05, 0) is 71.5 Å². The van der Waals surface area contributed by atoms with E-state index < -0.39 is 17.8 Å². The number of halogens is 2. The number of hydrogen-bond acceptors (Lipinski definition) is 5. The third-order valence-electron chi connectivity index (χ3n) is 9.98. The average Bonchev–Trinajstić information content (AvgIpc) is 3.14. The lowest BCUT2D eigenvalue weighted by Gasteiger charge is -2.44. The molecule has 5 aromatic carbocycles. The second-order valence-electron chi connectivity index (χ2n) is 13.0. The molecule has 1 fully saturated rings. The Bertz CT molecular complexity index is 2130. The molecule has 51 heavy (non-hydrogen) atoms. The minimum Gasteiger partial charge on any atom is -0.488 e. The molecule has 5 aromatic rings. The van der Waals surface area contributed by atoms with Gasteiger partial charge in [0.15, 0.2) is 0 Å². The van der Waals surface area contributed by atoms with E-state index in [2.05, 4.69) is 34.5 Å². The molecule has 0 unspecified atom stereocenters. The van der Waals surface area contributed by atoms with Gasteiger partial charge < -0.3 is 9.64 Å². The fourth-order valence-electron chi connectivity index (χ4n) is 7.54. The van der Waals surface area contributed by atoms with E-state index in [1.165, 1.54) is 22.9 Å². The van der Waals surface area contributed by atoms with Crippen LogP contribution in [0.5, 0.6) is 5.75 Å². The van der Waals surface area contributed by atoms with Crippen molar-refractivity contribution in [3.05, 3.63) is 164 Å². The van der Waals surface area contributed by atoms with Gasteiger partial charge in [-0.25, -0.2) is 9.69 Å². The Morgan fingerprint density at radius 1 is 0.745 bits per heavy atom. The number of imide groups is 2. The van der Waals surface area contributed by atoms with Crippen molar-refractivity contribution < 1.29 is 19.1 Å². The zero-order valence-corrected chi connectivity index (χ0v) is 29.0. The lowest BCUT2D eigenvalue weighted by atomic mass is 9.76. The molecule has 1 N–H and O–H groups in total. The lowest BCUT2D eigenvalue weighted by Crippen LogP contribution is -2.54. The van der Waals surface area contributed by atoms with Crippen LogP contribution in [0.4, 0.5) is 16.2 Å². The number of nitrogens with zero attached hydrogens (tertiary/aromatic N) is 2. The van der Waals surface area contributed by atoms with Gasteiger partial charge in [-0.1, -0.05) is 108 Å². The van der Waals surface area contributed by atoms with E-state index in [1.807, 2.05) is 48.5 Å². The molecular formula is C42H33Cl2N3O4. The number of nitrogens with one attached hydrogen (secondary N) is 1. The molecule has 3 heterocycles. The SMILES string of the molecule is O=C1NC(=O)N(c2cc3c4c(c2)[C@@H](c2ccccc2)CCN4CC[C@@H]3c2ccccc2)C(=O)/C1=C/c1ccccc1OCc1ccc(Cl)cc1Cl. The molecule has 3 aliphatic rings. The minimum atomic E-state index is -0.785. The summed E-state index contributed by atoms with van der Waals surface area (Å²) < 4.78 is 6.10. The first-order valence-corrected chi connectivity index (χ1v) is 17.7.